The van der Waals surface area contributed by atoms with Crippen molar-refractivity contribution in [2.24, 2.45) is 5.92 Å². The van der Waals surface area contributed by atoms with E-state index in [1.807, 2.05) is 30.3 Å². The lowest BCUT2D eigenvalue weighted by Crippen LogP contribution is -2.55. The maximum Gasteiger partial charge on any atom is 0.408 e. The van der Waals surface area contributed by atoms with Gasteiger partial charge in [-0.05, 0) is 24.3 Å². The molecule has 0 radical (unpaired) electrons. The summed E-state index contributed by atoms with van der Waals surface area (Å²) in [6.07, 6.45) is 1.43. The fraction of sp³-hybridized carbons (Fsp3) is 0.455. The molecule has 11 heteroatoms. The van der Waals surface area contributed by atoms with E-state index in [0.29, 0.717) is 13.0 Å². The highest BCUT2D eigenvalue weighted by molar-refractivity contribution is 6.38. The SMILES string of the molecule is CC(C)C(NC(=O)OCc1ccccc1)C(=O)NC1CCc2cnnn2CCNC(=O)C1=O. The average Bonchev–Trinajstić information content (AvgIpc) is 3.25. The number of Topliss-reactive ketones (excluding diaryl/α,β-unsaturated/α-hetero) is 1. The monoisotopic (exact) mass is 456 g/mol. The molecule has 1 aliphatic rings. The van der Waals surface area contributed by atoms with Gasteiger partial charge in [0.05, 0.1) is 24.5 Å². The molecular formula is C22H28N6O5. The van der Waals surface area contributed by atoms with E-state index in [0.717, 1.165) is 11.3 Å². The van der Waals surface area contributed by atoms with Gasteiger partial charge in [0.2, 0.25) is 11.7 Å². The fourth-order valence-electron chi connectivity index (χ4n) is 3.43. The number of aromatic nitrogens is 3. The lowest BCUT2D eigenvalue weighted by atomic mass is 10.0. The molecule has 0 spiro atoms. The number of hydrogen-bond acceptors (Lipinski definition) is 7. The maximum atomic E-state index is 13.0. The van der Waals surface area contributed by atoms with Crippen molar-refractivity contribution in [1.82, 2.24) is 30.9 Å². The number of ether oxygens (including phenoxy) is 1. The van der Waals surface area contributed by atoms with Crippen LogP contribution in [0, 0.1) is 5.92 Å². The molecule has 2 unspecified atom stereocenters. The molecule has 11 nitrogen and oxygen atoms in total. The zero-order valence-corrected chi connectivity index (χ0v) is 18.6. The quantitative estimate of drug-likeness (QED) is 0.532. The third kappa shape index (κ3) is 6.61. The molecule has 1 aromatic heterocycles. The second kappa shape index (κ2) is 11.2. The highest BCUT2D eigenvalue weighted by Crippen LogP contribution is 2.09. The van der Waals surface area contributed by atoms with Crippen molar-refractivity contribution in [3.8, 4) is 0 Å². The van der Waals surface area contributed by atoms with E-state index in [9.17, 15) is 19.2 Å². The average molecular weight is 457 g/mol. The van der Waals surface area contributed by atoms with Crippen LogP contribution in [0.3, 0.4) is 0 Å². The molecule has 3 amide bonds. The number of carbonyl (C=O) groups excluding carboxylic acids is 4. The van der Waals surface area contributed by atoms with Crippen LogP contribution < -0.4 is 16.0 Å². The van der Waals surface area contributed by atoms with E-state index in [2.05, 4.69) is 26.3 Å². The molecule has 3 N–H and O–H groups in total. The van der Waals surface area contributed by atoms with Gasteiger partial charge in [-0.3, -0.25) is 14.4 Å². The van der Waals surface area contributed by atoms with Crippen molar-refractivity contribution < 1.29 is 23.9 Å². The van der Waals surface area contributed by atoms with Crippen LogP contribution in [-0.2, 0) is 38.7 Å². The molecule has 176 valence electrons. The third-order valence-electron chi connectivity index (χ3n) is 5.29. The molecular weight excluding hydrogens is 428 g/mol. The van der Waals surface area contributed by atoms with Gasteiger partial charge in [-0.25, -0.2) is 9.48 Å². The number of benzene rings is 1. The van der Waals surface area contributed by atoms with Gasteiger partial charge >= 0.3 is 6.09 Å². The van der Waals surface area contributed by atoms with Gasteiger partial charge in [0.25, 0.3) is 5.91 Å². The van der Waals surface area contributed by atoms with Crippen molar-refractivity contribution in [3.63, 3.8) is 0 Å². The summed E-state index contributed by atoms with van der Waals surface area (Å²) in [5.74, 6) is -2.38. The van der Waals surface area contributed by atoms with Crippen LogP contribution in [0.25, 0.3) is 0 Å². The number of aryl methyl sites for hydroxylation is 1. The molecule has 2 heterocycles. The van der Waals surface area contributed by atoms with E-state index in [-0.39, 0.29) is 25.5 Å². The van der Waals surface area contributed by atoms with Crippen molar-refractivity contribution >= 4 is 23.7 Å². The minimum absolute atomic E-state index is 0.0576. The van der Waals surface area contributed by atoms with Crippen molar-refractivity contribution in [1.29, 1.82) is 0 Å². The number of alkyl carbamates (subject to hydrolysis) is 1. The Bertz CT molecular complexity index is 990. The zero-order chi connectivity index (χ0) is 23.8. The molecule has 0 saturated carbocycles. The summed E-state index contributed by atoms with van der Waals surface area (Å²) >= 11 is 0. The Morgan fingerprint density at radius 3 is 2.73 bits per heavy atom. The van der Waals surface area contributed by atoms with Crippen molar-refractivity contribution in [2.75, 3.05) is 6.54 Å². The Morgan fingerprint density at radius 2 is 2.00 bits per heavy atom. The summed E-state index contributed by atoms with van der Waals surface area (Å²) in [4.78, 5) is 50.1. The lowest BCUT2D eigenvalue weighted by Gasteiger charge is -2.25. The number of hydrogen-bond donors (Lipinski definition) is 3. The molecule has 33 heavy (non-hydrogen) atoms. The first-order valence-corrected chi connectivity index (χ1v) is 10.8. The van der Waals surface area contributed by atoms with E-state index >= 15 is 0 Å². The number of nitrogens with one attached hydrogen (secondary N) is 3. The molecule has 2 atom stereocenters. The summed E-state index contributed by atoms with van der Waals surface area (Å²) in [5.41, 5.74) is 1.60. The number of rotatable bonds is 6. The van der Waals surface area contributed by atoms with Crippen LogP contribution in [0.2, 0.25) is 0 Å². The Kier molecular flexibility index (Phi) is 8.11. The summed E-state index contributed by atoms with van der Waals surface area (Å²) in [7, 11) is 0. The van der Waals surface area contributed by atoms with Gasteiger partial charge in [-0.1, -0.05) is 49.4 Å². The van der Waals surface area contributed by atoms with E-state index in [1.54, 1.807) is 24.7 Å². The second-order valence-corrected chi connectivity index (χ2v) is 8.10. The first-order valence-electron chi connectivity index (χ1n) is 10.8. The molecule has 0 aliphatic carbocycles. The first kappa shape index (κ1) is 23.9. The predicted octanol–water partition coefficient (Wildman–Crippen LogP) is 0.345. The lowest BCUT2D eigenvalue weighted by molar-refractivity contribution is -0.140. The number of fused-ring (bicyclic) bond motifs is 1. The fourth-order valence-corrected chi connectivity index (χ4v) is 3.43. The van der Waals surface area contributed by atoms with Crippen molar-refractivity contribution in [3.05, 3.63) is 47.8 Å². The number of carbonyl (C=O) groups is 4. The topological polar surface area (TPSA) is 144 Å². The van der Waals surface area contributed by atoms with Crippen molar-refractivity contribution in [2.45, 2.75) is 51.9 Å². The summed E-state index contributed by atoms with van der Waals surface area (Å²) < 4.78 is 6.86. The largest absolute Gasteiger partial charge is 0.445 e. The predicted molar refractivity (Wildman–Crippen MR) is 117 cm³/mol. The maximum absolute atomic E-state index is 13.0. The number of amides is 3. The van der Waals surface area contributed by atoms with Gasteiger partial charge in [-0.15, -0.1) is 5.10 Å². The van der Waals surface area contributed by atoms with Crippen LogP contribution >= 0.6 is 0 Å². The molecule has 1 aliphatic heterocycles. The first-order chi connectivity index (χ1) is 15.8. The highest BCUT2D eigenvalue weighted by atomic mass is 16.5. The zero-order valence-electron chi connectivity index (χ0n) is 18.6. The molecule has 0 bridgehead atoms. The van der Waals surface area contributed by atoms with Crippen LogP contribution in [0.5, 0.6) is 0 Å². The van der Waals surface area contributed by atoms with E-state index in [1.165, 1.54) is 0 Å². The van der Waals surface area contributed by atoms with Crippen LogP contribution in [0.15, 0.2) is 36.5 Å². The number of ketones is 1. The summed E-state index contributed by atoms with van der Waals surface area (Å²) in [6, 6.07) is 7.14. The van der Waals surface area contributed by atoms with Gasteiger partial charge in [-0.2, -0.15) is 0 Å². The third-order valence-corrected chi connectivity index (χ3v) is 5.29. The Balaban J connectivity index is 1.64. The minimum Gasteiger partial charge on any atom is -0.445 e. The normalized spacial score (nSPS) is 17.5. The van der Waals surface area contributed by atoms with Crippen LogP contribution in [0.4, 0.5) is 4.79 Å². The number of nitrogens with zero attached hydrogens (tertiary/aromatic N) is 3. The smallest absolute Gasteiger partial charge is 0.408 e. The summed E-state index contributed by atoms with van der Waals surface area (Å²) in [5, 5.41) is 15.5. The Labute approximate surface area is 191 Å². The summed E-state index contributed by atoms with van der Waals surface area (Å²) in [6.45, 7) is 4.19. The van der Waals surface area contributed by atoms with Gasteiger partial charge in [0, 0.05) is 6.54 Å². The van der Waals surface area contributed by atoms with Crippen LogP contribution in [0.1, 0.15) is 31.5 Å². The standard InChI is InChI=1S/C22H28N6O5/c1-14(2)18(26-22(32)33-13-15-6-4-3-5-7-15)20(30)25-17-9-8-16-12-24-27-28(16)11-10-23-21(31)19(17)29/h3-7,12,14,17-18H,8-11,13H2,1-2H3,(H,23,31)(H,25,30)(H,26,32). The highest BCUT2D eigenvalue weighted by Gasteiger charge is 2.32. The molecule has 0 fully saturated rings. The van der Waals surface area contributed by atoms with Gasteiger partial charge in [0.1, 0.15) is 12.6 Å². The molecule has 2 aromatic rings. The Morgan fingerprint density at radius 1 is 1.24 bits per heavy atom. The molecule has 1 aromatic carbocycles. The second-order valence-electron chi connectivity index (χ2n) is 8.10. The van der Waals surface area contributed by atoms with Gasteiger partial charge < -0.3 is 20.7 Å². The molecule has 3 rings (SSSR count). The molecule has 0 saturated heterocycles. The van der Waals surface area contributed by atoms with Gasteiger partial charge in [0.15, 0.2) is 0 Å². The Hall–Kier alpha value is -3.76. The van der Waals surface area contributed by atoms with E-state index in [4.69, 9.17) is 4.74 Å². The van der Waals surface area contributed by atoms with E-state index < -0.39 is 35.8 Å². The van der Waals surface area contributed by atoms with Crippen LogP contribution in [-0.4, -0.2) is 57.3 Å². The minimum atomic E-state index is -1.05.